The first-order valence-corrected chi connectivity index (χ1v) is 12.6. The van der Waals surface area contributed by atoms with Crippen LogP contribution in [0, 0.1) is 0 Å². The standard InChI is InChI=1S/C31H30N2O6/c1-4-5-18-38-24-14-10-22(11-15-24)30(34)33-32-20-26-25-9-7-6-8-21(25)12-16-27(26)39-31(35)23-13-17-28(36-2)29(19-23)37-3/h6-17,19-20H,4-5,18H2,1-3H3,(H,33,34). The van der Waals surface area contributed by atoms with Gasteiger partial charge in [-0.15, -0.1) is 0 Å². The highest BCUT2D eigenvalue weighted by Gasteiger charge is 2.16. The van der Waals surface area contributed by atoms with Crippen molar-refractivity contribution in [3.63, 3.8) is 0 Å². The summed E-state index contributed by atoms with van der Waals surface area (Å²) in [5.74, 6) is 0.958. The van der Waals surface area contributed by atoms with Crippen molar-refractivity contribution in [1.82, 2.24) is 5.43 Å². The van der Waals surface area contributed by atoms with E-state index in [0.717, 1.165) is 23.6 Å². The van der Waals surface area contributed by atoms with E-state index in [-0.39, 0.29) is 5.91 Å². The summed E-state index contributed by atoms with van der Waals surface area (Å²) in [5, 5.41) is 5.89. The van der Waals surface area contributed by atoms with E-state index in [1.165, 1.54) is 20.4 Å². The maximum absolute atomic E-state index is 13.0. The number of unbranched alkanes of at least 4 members (excludes halogenated alkanes) is 1. The lowest BCUT2D eigenvalue weighted by molar-refractivity contribution is 0.0734. The van der Waals surface area contributed by atoms with Crippen molar-refractivity contribution >= 4 is 28.9 Å². The quantitative estimate of drug-likeness (QED) is 0.0844. The van der Waals surface area contributed by atoms with Crippen LogP contribution in [0.5, 0.6) is 23.0 Å². The van der Waals surface area contributed by atoms with E-state index in [1.807, 2.05) is 30.3 Å². The molecule has 1 amide bonds. The van der Waals surface area contributed by atoms with Crippen LogP contribution >= 0.6 is 0 Å². The number of fused-ring (bicyclic) bond motifs is 1. The smallest absolute Gasteiger partial charge is 0.343 e. The molecule has 0 atom stereocenters. The second-order valence-corrected chi connectivity index (χ2v) is 8.58. The van der Waals surface area contributed by atoms with E-state index < -0.39 is 5.97 Å². The molecular weight excluding hydrogens is 496 g/mol. The molecule has 4 aromatic carbocycles. The van der Waals surface area contributed by atoms with Gasteiger partial charge in [-0.1, -0.05) is 43.7 Å². The summed E-state index contributed by atoms with van der Waals surface area (Å²) in [6.45, 7) is 2.73. The summed E-state index contributed by atoms with van der Waals surface area (Å²) in [6, 6.07) is 22.8. The van der Waals surface area contributed by atoms with Crippen LogP contribution in [0.4, 0.5) is 0 Å². The zero-order valence-corrected chi connectivity index (χ0v) is 22.1. The second-order valence-electron chi connectivity index (χ2n) is 8.58. The first-order chi connectivity index (χ1) is 19.0. The van der Waals surface area contributed by atoms with Crippen LogP contribution in [0.3, 0.4) is 0 Å². The Morgan fingerprint density at radius 2 is 1.56 bits per heavy atom. The van der Waals surface area contributed by atoms with Crippen LogP contribution in [-0.4, -0.2) is 38.9 Å². The van der Waals surface area contributed by atoms with Crippen LogP contribution in [0.25, 0.3) is 10.8 Å². The molecule has 4 rings (SSSR count). The van der Waals surface area contributed by atoms with Crippen LogP contribution in [0.2, 0.25) is 0 Å². The van der Waals surface area contributed by atoms with Crippen molar-refractivity contribution in [2.45, 2.75) is 19.8 Å². The topological polar surface area (TPSA) is 95.5 Å². The lowest BCUT2D eigenvalue weighted by Crippen LogP contribution is -2.17. The van der Waals surface area contributed by atoms with Gasteiger partial charge in [-0.2, -0.15) is 5.10 Å². The first-order valence-electron chi connectivity index (χ1n) is 12.6. The van der Waals surface area contributed by atoms with Gasteiger partial charge in [0.1, 0.15) is 11.5 Å². The SMILES string of the molecule is CCCCOc1ccc(C(=O)NN=Cc2c(OC(=O)c3ccc(OC)c(OC)c3)ccc3ccccc23)cc1. The van der Waals surface area contributed by atoms with Crippen molar-refractivity contribution in [2.24, 2.45) is 5.10 Å². The molecule has 0 saturated carbocycles. The van der Waals surface area contributed by atoms with Crippen LogP contribution in [0.15, 0.2) is 84.0 Å². The highest BCUT2D eigenvalue weighted by molar-refractivity contribution is 6.04. The molecule has 0 aliphatic rings. The molecule has 200 valence electrons. The molecule has 1 N–H and O–H groups in total. The van der Waals surface area contributed by atoms with Crippen LogP contribution in [0.1, 0.15) is 46.0 Å². The Morgan fingerprint density at radius 1 is 0.846 bits per heavy atom. The van der Waals surface area contributed by atoms with Gasteiger partial charge in [0.25, 0.3) is 5.91 Å². The third-order valence-electron chi connectivity index (χ3n) is 6.00. The maximum Gasteiger partial charge on any atom is 0.343 e. The fourth-order valence-corrected chi connectivity index (χ4v) is 3.88. The van der Waals surface area contributed by atoms with Gasteiger partial charge in [0.15, 0.2) is 11.5 Å². The summed E-state index contributed by atoms with van der Waals surface area (Å²) in [6.07, 6.45) is 3.49. The number of hydrogen-bond donors (Lipinski definition) is 1. The van der Waals surface area contributed by atoms with Gasteiger partial charge in [-0.25, -0.2) is 10.2 Å². The van der Waals surface area contributed by atoms with Crippen molar-refractivity contribution in [1.29, 1.82) is 0 Å². The number of ether oxygens (including phenoxy) is 4. The van der Waals surface area contributed by atoms with Crippen molar-refractivity contribution in [2.75, 3.05) is 20.8 Å². The molecular formula is C31H30N2O6. The fourth-order valence-electron chi connectivity index (χ4n) is 3.88. The van der Waals surface area contributed by atoms with E-state index in [1.54, 1.807) is 48.5 Å². The lowest BCUT2D eigenvalue weighted by atomic mass is 10.0. The molecule has 0 bridgehead atoms. The van der Waals surface area contributed by atoms with E-state index in [9.17, 15) is 9.59 Å². The minimum atomic E-state index is -0.578. The number of amides is 1. The molecule has 8 heteroatoms. The molecule has 0 unspecified atom stereocenters. The summed E-state index contributed by atoms with van der Waals surface area (Å²) in [4.78, 5) is 25.7. The van der Waals surface area contributed by atoms with Crippen LogP contribution in [-0.2, 0) is 0 Å². The third kappa shape index (κ3) is 6.73. The molecule has 0 radical (unpaired) electrons. The van der Waals surface area contributed by atoms with E-state index >= 15 is 0 Å². The van der Waals surface area contributed by atoms with Crippen molar-refractivity contribution in [3.05, 3.63) is 95.6 Å². The monoisotopic (exact) mass is 526 g/mol. The number of hydrogen-bond acceptors (Lipinski definition) is 7. The normalized spacial score (nSPS) is 10.8. The number of carbonyl (C=O) groups excluding carboxylic acids is 2. The number of hydrazone groups is 1. The highest BCUT2D eigenvalue weighted by atomic mass is 16.5. The molecule has 0 spiro atoms. The number of benzene rings is 4. The summed E-state index contributed by atoms with van der Waals surface area (Å²) in [5.41, 5.74) is 3.81. The minimum Gasteiger partial charge on any atom is -0.494 e. The highest BCUT2D eigenvalue weighted by Crippen LogP contribution is 2.30. The summed E-state index contributed by atoms with van der Waals surface area (Å²) in [7, 11) is 3.02. The predicted octanol–water partition coefficient (Wildman–Crippen LogP) is 6.02. The Balaban J connectivity index is 1.53. The van der Waals surface area contributed by atoms with Crippen LogP contribution < -0.4 is 24.4 Å². The predicted molar refractivity (Wildman–Crippen MR) is 150 cm³/mol. The number of nitrogens with one attached hydrogen (secondary N) is 1. The molecule has 0 heterocycles. The van der Waals surface area contributed by atoms with E-state index in [2.05, 4.69) is 17.5 Å². The van der Waals surface area contributed by atoms with Gasteiger partial charge < -0.3 is 18.9 Å². The van der Waals surface area contributed by atoms with Gasteiger partial charge >= 0.3 is 5.97 Å². The van der Waals surface area contributed by atoms with E-state index in [0.29, 0.717) is 46.3 Å². The molecule has 0 aliphatic heterocycles. The van der Waals surface area contributed by atoms with Gasteiger partial charge in [0.05, 0.1) is 32.6 Å². The molecule has 4 aromatic rings. The molecule has 0 saturated heterocycles. The summed E-state index contributed by atoms with van der Waals surface area (Å²) >= 11 is 0. The van der Waals surface area contributed by atoms with Gasteiger partial charge in [-0.05, 0) is 65.7 Å². The van der Waals surface area contributed by atoms with Crippen molar-refractivity contribution in [3.8, 4) is 23.0 Å². The lowest BCUT2D eigenvalue weighted by Gasteiger charge is -2.12. The number of methoxy groups -OCH3 is 2. The number of esters is 1. The summed E-state index contributed by atoms with van der Waals surface area (Å²) < 4.78 is 21.9. The average molecular weight is 527 g/mol. The Kier molecular flexibility index (Phi) is 9.13. The number of nitrogens with zero attached hydrogens (tertiary/aromatic N) is 1. The molecule has 0 aromatic heterocycles. The minimum absolute atomic E-state index is 0.291. The zero-order chi connectivity index (χ0) is 27.6. The zero-order valence-electron chi connectivity index (χ0n) is 22.1. The van der Waals surface area contributed by atoms with Gasteiger partial charge in [-0.3, -0.25) is 4.79 Å². The number of carbonyl (C=O) groups is 2. The molecule has 0 aliphatic carbocycles. The third-order valence-corrected chi connectivity index (χ3v) is 6.00. The second kappa shape index (κ2) is 13.1. The Labute approximate surface area is 227 Å². The first kappa shape index (κ1) is 27.2. The van der Waals surface area contributed by atoms with Gasteiger partial charge in [0.2, 0.25) is 0 Å². The fraction of sp³-hybridized carbons (Fsp3) is 0.194. The Bertz CT molecular complexity index is 1480. The molecule has 8 nitrogen and oxygen atoms in total. The average Bonchev–Trinajstić information content (AvgIpc) is 2.98. The largest absolute Gasteiger partial charge is 0.494 e. The maximum atomic E-state index is 13.0. The van der Waals surface area contributed by atoms with E-state index in [4.69, 9.17) is 18.9 Å². The van der Waals surface area contributed by atoms with Crippen molar-refractivity contribution < 1.29 is 28.5 Å². The molecule has 39 heavy (non-hydrogen) atoms. The molecule has 0 fully saturated rings. The Morgan fingerprint density at radius 3 is 2.31 bits per heavy atom. The Hall–Kier alpha value is -4.85. The van der Waals surface area contributed by atoms with Gasteiger partial charge in [0, 0.05) is 11.1 Å². The number of rotatable bonds is 11.